The van der Waals surface area contributed by atoms with Crippen molar-refractivity contribution in [2.75, 3.05) is 13.1 Å². The lowest BCUT2D eigenvalue weighted by molar-refractivity contribution is -0.125. The first-order valence-electron chi connectivity index (χ1n) is 8.07. The topological polar surface area (TPSA) is 87.3 Å². The summed E-state index contributed by atoms with van der Waals surface area (Å²) in [6.45, 7) is 0.419. The van der Waals surface area contributed by atoms with E-state index in [1.807, 2.05) is 6.07 Å². The van der Waals surface area contributed by atoms with Gasteiger partial charge in [-0.1, -0.05) is 0 Å². The fourth-order valence-corrected chi connectivity index (χ4v) is 4.15. The number of rotatable bonds is 4. The van der Waals surface area contributed by atoms with E-state index < -0.39 is 0 Å². The standard InChI is InChI=1S/C16H21N3O3S/c20-14-6-5-11(8-17-14)19-15(21)9-18-16(22)13-7-10-3-1-2-4-12(10)23-13/h7,11H,1-6,8-9H2,(H,17,20)(H,18,22)(H,19,21). The maximum Gasteiger partial charge on any atom is 0.261 e. The molecule has 2 heterocycles. The van der Waals surface area contributed by atoms with Gasteiger partial charge in [0.05, 0.1) is 11.4 Å². The first-order chi connectivity index (χ1) is 11.1. The van der Waals surface area contributed by atoms with Crippen LogP contribution in [-0.2, 0) is 22.4 Å². The largest absolute Gasteiger partial charge is 0.354 e. The van der Waals surface area contributed by atoms with Crippen LogP contribution >= 0.6 is 11.3 Å². The Morgan fingerprint density at radius 3 is 2.83 bits per heavy atom. The van der Waals surface area contributed by atoms with Crippen molar-refractivity contribution < 1.29 is 14.4 Å². The molecule has 0 aromatic carbocycles. The fraction of sp³-hybridized carbons (Fsp3) is 0.562. The number of hydrogen-bond acceptors (Lipinski definition) is 4. The van der Waals surface area contributed by atoms with E-state index in [-0.39, 0.29) is 30.3 Å². The molecule has 1 saturated heterocycles. The average Bonchev–Trinajstić information content (AvgIpc) is 2.99. The van der Waals surface area contributed by atoms with Gasteiger partial charge in [0.2, 0.25) is 11.8 Å². The zero-order chi connectivity index (χ0) is 16.2. The van der Waals surface area contributed by atoms with E-state index in [2.05, 4.69) is 16.0 Å². The molecule has 1 aromatic rings. The first kappa shape index (κ1) is 16.0. The van der Waals surface area contributed by atoms with E-state index in [0.29, 0.717) is 24.3 Å². The molecule has 1 aliphatic carbocycles. The normalized spacial score (nSPS) is 20.3. The minimum Gasteiger partial charge on any atom is -0.354 e. The van der Waals surface area contributed by atoms with Crippen molar-refractivity contribution >= 4 is 29.1 Å². The quantitative estimate of drug-likeness (QED) is 0.759. The minimum absolute atomic E-state index is 0.0189. The molecule has 3 rings (SSSR count). The van der Waals surface area contributed by atoms with Gasteiger partial charge in [-0.05, 0) is 43.7 Å². The summed E-state index contributed by atoms with van der Waals surface area (Å²) in [5.41, 5.74) is 1.29. The summed E-state index contributed by atoms with van der Waals surface area (Å²) >= 11 is 1.54. The lowest BCUT2D eigenvalue weighted by Crippen LogP contribution is -2.50. The van der Waals surface area contributed by atoms with Crippen molar-refractivity contribution in [2.45, 2.75) is 44.6 Å². The van der Waals surface area contributed by atoms with Crippen molar-refractivity contribution in [3.8, 4) is 0 Å². The predicted molar refractivity (Wildman–Crippen MR) is 87.5 cm³/mol. The van der Waals surface area contributed by atoms with Crippen LogP contribution in [0.25, 0.3) is 0 Å². The zero-order valence-electron chi connectivity index (χ0n) is 12.9. The lowest BCUT2D eigenvalue weighted by atomic mass is 9.99. The number of thiophene rings is 1. The number of piperidine rings is 1. The summed E-state index contributed by atoms with van der Waals surface area (Å²) in [6.07, 6.45) is 5.55. The number of nitrogens with one attached hydrogen (secondary N) is 3. The van der Waals surface area contributed by atoms with Crippen molar-refractivity contribution in [1.82, 2.24) is 16.0 Å². The third-order valence-electron chi connectivity index (χ3n) is 4.26. The van der Waals surface area contributed by atoms with Gasteiger partial charge in [-0.15, -0.1) is 11.3 Å². The van der Waals surface area contributed by atoms with Gasteiger partial charge in [0.1, 0.15) is 0 Å². The molecule has 124 valence electrons. The highest BCUT2D eigenvalue weighted by Crippen LogP contribution is 2.29. The van der Waals surface area contributed by atoms with E-state index in [1.165, 1.54) is 34.6 Å². The molecule has 23 heavy (non-hydrogen) atoms. The Hall–Kier alpha value is -1.89. The van der Waals surface area contributed by atoms with Gasteiger partial charge in [0, 0.05) is 23.9 Å². The van der Waals surface area contributed by atoms with Crippen LogP contribution in [-0.4, -0.2) is 36.9 Å². The summed E-state index contributed by atoms with van der Waals surface area (Å²) in [7, 11) is 0. The van der Waals surface area contributed by atoms with Gasteiger partial charge in [0.15, 0.2) is 0 Å². The average molecular weight is 335 g/mol. The maximum atomic E-state index is 12.2. The molecular formula is C16H21N3O3S. The highest BCUT2D eigenvalue weighted by molar-refractivity contribution is 7.14. The maximum absolute atomic E-state index is 12.2. The second-order valence-corrected chi connectivity index (χ2v) is 7.19. The Morgan fingerprint density at radius 2 is 2.09 bits per heavy atom. The number of amides is 3. The Bertz CT molecular complexity index is 593. The number of hydrogen-bond donors (Lipinski definition) is 3. The van der Waals surface area contributed by atoms with E-state index in [1.54, 1.807) is 0 Å². The molecule has 0 bridgehead atoms. The number of carbonyl (C=O) groups excluding carboxylic acids is 3. The number of carbonyl (C=O) groups is 3. The molecule has 0 radical (unpaired) electrons. The van der Waals surface area contributed by atoms with Gasteiger partial charge in [-0.2, -0.15) is 0 Å². The zero-order valence-corrected chi connectivity index (χ0v) is 13.8. The Labute approximate surface area is 139 Å². The van der Waals surface area contributed by atoms with Crippen molar-refractivity contribution in [1.29, 1.82) is 0 Å². The second kappa shape index (κ2) is 7.12. The van der Waals surface area contributed by atoms with Gasteiger partial charge in [0.25, 0.3) is 5.91 Å². The molecule has 1 aliphatic heterocycles. The molecule has 1 unspecified atom stereocenters. The summed E-state index contributed by atoms with van der Waals surface area (Å²) in [5.74, 6) is -0.386. The van der Waals surface area contributed by atoms with Crippen LogP contribution in [0.5, 0.6) is 0 Å². The highest BCUT2D eigenvalue weighted by Gasteiger charge is 2.21. The van der Waals surface area contributed by atoms with Gasteiger partial charge < -0.3 is 16.0 Å². The SMILES string of the molecule is O=C1CCC(NC(=O)CNC(=O)c2cc3c(s2)CCCC3)CN1. The molecule has 1 atom stereocenters. The lowest BCUT2D eigenvalue weighted by Gasteiger charge is -2.23. The van der Waals surface area contributed by atoms with Crippen LogP contribution in [0.15, 0.2) is 6.07 Å². The Balaban J connectivity index is 1.46. The Kier molecular flexibility index (Phi) is 4.95. The van der Waals surface area contributed by atoms with Crippen LogP contribution in [0.2, 0.25) is 0 Å². The summed E-state index contributed by atoms with van der Waals surface area (Å²) in [4.78, 5) is 37.1. The van der Waals surface area contributed by atoms with Gasteiger partial charge in [-0.25, -0.2) is 0 Å². The predicted octanol–water partition coefficient (Wildman–Crippen LogP) is 0.752. The molecule has 1 fully saturated rings. The van der Waals surface area contributed by atoms with Crippen LogP contribution in [0, 0.1) is 0 Å². The van der Waals surface area contributed by atoms with E-state index in [0.717, 1.165) is 12.8 Å². The molecule has 0 saturated carbocycles. The molecule has 7 heteroatoms. The molecule has 0 spiro atoms. The smallest absolute Gasteiger partial charge is 0.261 e. The molecule has 2 aliphatic rings. The van der Waals surface area contributed by atoms with E-state index in [4.69, 9.17) is 0 Å². The van der Waals surface area contributed by atoms with Crippen molar-refractivity contribution in [2.24, 2.45) is 0 Å². The van der Waals surface area contributed by atoms with Crippen LogP contribution < -0.4 is 16.0 Å². The molecule has 1 aromatic heterocycles. The third-order valence-corrected chi connectivity index (χ3v) is 5.50. The Morgan fingerprint density at radius 1 is 1.26 bits per heavy atom. The van der Waals surface area contributed by atoms with Crippen LogP contribution in [0.3, 0.4) is 0 Å². The third kappa shape index (κ3) is 4.10. The molecule has 3 amide bonds. The summed E-state index contributed by atoms with van der Waals surface area (Å²) in [6, 6.07) is 1.91. The second-order valence-electron chi connectivity index (χ2n) is 6.06. The van der Waals surface area contributed by atoms with E-state index >= 15 is 0 Å². The number of fused-ring (bicyclic) bond motifs is 1. The monoisotopic (exact) mass is 335 g/mol. The minimum atomic E-state index is -0.221. The summed E-state index contributed by atoms with van der Waals surface area (Å²) in [5, 5.41) is 8.23. The van der Waals surface area contributed by atoms with Gasteiger partial charge >= 0.3 is 0 Å². The van der Waals surface area contributed by atoms with E-state index in [9.17, 15) is 14.4 Å². The molecule has 6 nitrogen and oxygen atoms in total. The number of aryl methyl sites for hydroxylation is 2. The van der Waals surface area contributed by atoms with Gasteiger partial charge in [-0.3, -0.25) is 14.4 Å². The van der Waals surface area contributed by atoms with Crippen molar-refractivity contribution in [3.63, 3.8) is 0 Å². The molecular weight excluding hydrogens is 314 g/mol. The molecule has 3 N–H and O–H groups in total. The fourth-order valence-electron chi connectivity index (χ4n) is 2.98. The first-order valence-corrected chi connectivity index (χ1v) is 8.89. The summed E-state index contributed by atoms with van der Waals surface area (Å²) < 4.78 is 0. The van der Waals surface area contributed by atoms with Crippen LogP contribution in [0.4, 0.5) is 0 Å². The van der Waals surface area contributed by atoms with Crippen molar-refractivity contribution in [3.05, 3.63) is 21.4 Å². The van der Waals surface area contributed by atoms with Crippen LogP contribution in [0.1, 0.15) is 45.8 Å². The highest BCUT2D eigenvalue weighted by atomic mass is 32.1.